The minimum Gasteiger partial charge on any atom is -0.374 e. The molecule has 0 saturated heterocycles. The average Bonchev–Trinajstić information content (AvgIpc) is 3.73. The lowest BCUT2D eigenvalue weighted by Gasteiger charge is -2.23. The molecular weight excluding hydrogens is 633 g/mol. The molecule has 0 spiro atoms. The highest BCUT2D eigenvalue weighted by molar-refractivity contribution is 6.12. The van der Waals surface area contributed by atoms with Gasteiger partial charge in [0.15, 0.2) is 0 Å². The quantitative estimate of drug-likeness (QED) is 0.199. The van der Waals surface area contributed by atoms with Crippen molar-refractivity contribution in [3.63, 3.8) is 0 Å². The highest BCUT2D eigenvalue weighted by Gasteiger charge is 2.18. The molecule has 4 nitrogen and oxygen atoms in total. The number of para-hydroxylation sites is 3. The Morgan fingerprint density at radius 3 is 1.77 bits per heavy atom. The summed E-state index contributed by atoms with van der Waals surface area (Å²) in [7, 11) is 0. The van der Waals surface area contributed by atoms with E-state index in [1.54, 1.807) is 0 Å². The Kier molecular flexibility index (Phi) is 6.90. The first-order valence-electron chi connectivity index (χ1n) is 17.6. The highest BCUT2D eigenvalue weighted by Crippen LogP contribution is 2.38. The van der Waals surface area contributed by atoms with E-state index in [1.807, 2.05) is 18.2 Å². The molecule has 1 unspecified atom stereocenters. The van der Waals surface area contributed by atoms with Crippen molar-refractivity contribution in [2.24, 2.45) is 0 Å². The summed E-state index contributed by atoms with van der Waals surface area (Å²) in [6.45, 7) is 0. The SMILES string of the molecule is N#Cc1cccc(C2C=CC=C(c3cccc(-n4c5ccccc5c5cc(-c6ccc7c(c6)c6ccccc6n7-c6ccccc6)ccc54)c3)N2)c1. The van der Waals surface area contributed by atoms with E-state index in [9.17, 15) is 5.26 Å². The number of fused-ring (bicyclic) bond motifs is 6. The molecular formula is C48H32N4. The molecule has 1 N–H and O–H groups in total. The molecule has 9 aromatic rings. The maximum atomic E-state index is 9.44. The van der Waals surface area contributed by atoms with E-state index >= 15 is 0 Å². The number of nitriles is 1. The molecule has 10 rings (SSSR count). The minimum atomic E-state index is -0.0160. The number of benzene rings is 7. The normalized spacial score (nSPS) is 14.1. The summed E-state index contributed by atoms with van der Waals surface area (Å²) in [5.41, 5.74) is 13.3. The maximum absolute atomic E-state index is 9.44. The summed E-state index contributed by atoms with van der Waals surface area (Å²) in [4.78, 5) is 0. The van der Waals surface area contributed by atoms with Gasteiger partial charge in [-0.1, -0.05) is 103 Å². The van der Waals surface area contributed by atoms with Crippen molar-refractivity contribution in [1.29, 1.82) is 5.26 Å². The summed E-state index contributed by atoms with van der Waals surface area (Å²) in [6, 6.07) is 60.5. The van der Waals surface area contributed by atoms with Gasteiger partial charge in [0.05, 0.1) is 39.7 Å². The van der Waals surface area contributed by atoms with Gasteiger partial charge in [-0.05, 0) is 101 Å². The molecule has 7 aromatic carbocycles. The molecule has 3 heterocycles. The van der Waals surface area contributed by atoms with Crippen LogP contribution in [0.25, 0.3) is 71.8 Å². The van der Waals surface area contributed by atoms with Crippen molar-refractivity contribution in [3.8, 4) is 28.6 Å². The third-order valence-corrected chi connectivity index (χ3v) is 10.4. The molecule has 0 fully saturated rings. The van der Waals surface area contributed by atoms with Crippen LogP contribution in [0.3, 0.4) is 0 Å². The molecule has 0 aliphatic carbocycles. The van der Waals surface area contributed by atoms with Gasteiger partial charge < -0.3 is 14.5 Å². The third kappa shape index (κ3) is 4.83. The van der Waals surface area contributed by atoms with Crippen LogP contribution in [0.15, 0.2) is 182 Å². The molecule has 0 bridgehead atoms. The van der Waals surface area contributed by atoms with E-state index in [0.717, 1.165) is 28.2 Å². The minimum absolute atomic E-state index is 0.0160. The fourth-order valence-corrected chi connectivity index (χ4v) is 7.95. The molecule has 0 radical (unpaired) electrons. The van der Waals surface area contributed by atoms with Gasteiger partial charge in [-0.3, -0.25) is 0 Å². The van der Waals surface area contributed by atoms with Crippen LogP contribution in [-0.2, 0) is 0 Å². The Hall–Kier alpha value is -7.09. The topological polar surface area (TPSA) is 45.7 Å². The first-order chi connectivity index (χ1) is 25.7. The molecule has 0 amide bonds. The Morgan fingerprint density at radius 1 is 0.481 bits per heavy atom. The fraction of sp³-hybridized carbons (Fsp3) is 0.0208. The van der Waals surface area contributed by atoms with E-state index in [4.69, 9.17) is 0 Å². The van der Waals surface area contributed by atoms with Crippen molar-refractivity contribution in [1.82, 2.24) is 14.5 Å². The lowest BCUT2D eigenvalue weighted by molar-refractivity contribution is 0.763. The van der Waals surface area contributed by atoms with Gasteiger partial charge >= 0.3 is 0 Å². The lowest BCUT2D eigenvalue weighted by Crippen LogP contribution is -2.20. The summed E-state index contributed by atoms with van der Waals surface area (Å²) in [5, 5.41) is 18.1. The molecule has 52 heavy (non-hydrogen) atoms. The number of nitrogens with one attached hydrogen (secondary N) is 1. The van der Waals surface area contributed by atoms with E-state index in [-0.39, 0.29) is 6.04 Å². The fourth-order valence-electron chi connectivity index (χ4n) is 7.95. The number of hydrogen-bond donors (Lipinski definition) is 1. The Labute approximate surface area is 301 Å². The lowest BCUT2D eigenvalue weighted by atomic mass is 9.99. The molecule has 0 saturated carbocycles. The van der Waals surface area contributed by atoms with Gasteiger partial charge in [-0.2, -0.15) is 5.26 Å². The average molecular weight is 665 g/mol. The highest BCUT2D eigenvalue weighted by atomic mass is 15.0. The van der Waals surface area contributed by atoms with Gasteiger partial charge in [0.1, 0.15) is 0 Å². The van der Waals surface area contributed by atoms with Gasteiger partial charge in [0.2, 0.25) is 0 Å². The van der Waals surface area contributed by atoms with Gasteiger partial charge in [0, 0.05) is 38.6 Å². The van der Waals surface area contributed by atoms with Crippen LogP contribution in [0.2, 0.25) is 0 Å². The van der Waals surface area contributed by atoms with Crippen molar-refractivity contribution >= 4 is 49.3 Å². The second-order valence-corrected chi connectivity index (χ2v) is 13.4. The first-order valence-corrected chi connectivity index (χ1v) is 17.6. The number of allylic oxidation sites excluding steroid dienone is 2. The van der Waals surface area contributed by atoms with E-state index in [0.29, 0.717) is 5.56 Å². The Balaban J connectivity index is 1.06. The summed E-state index contributed by atoms with van der Waals surface area (Å²) < 4.78 is 4.74. The molecule has 4 heteroatoms. The van der Waals surface area contributed by atoms with Crippen LogP contribution in [0.1, 0.15) is 22.7 Å². The molecule has 1 aliphatic heterocycles. The zero-order chi connectivity index (χ0) is 34.6. The molecule has 1 aliphatic rings. The molecule has 1 atom stereocenters. The van der Waals surface area contributed by atoms with Gasteiger partial charge in [-0.25, -0.2) is 0 Å². The van der Waals surface area contributed by atoms with E-state index in [2.05, 4.69) is 184 Å². The van der Waals surface area contributed by atoms with E-state index in [1.165, 1.54) is 54.7 Å². The van der Waals surface area contributed by atoms with Crippen LogP contribution in [-0.4, -0.2) is 9.13 Å². The predicted molar refractivity (Wildman–Crippen MR) is 215 cm³/mol. The number of aromatic nitrogens is 2. The largest absolute Gasteiger partial charge is 0.374 e. The predicted octanol–water partition coefficient (Wildman–Crippen LogP) is 11.7. The van der Waals surface area contributed by atoms with Crippen LogP contribution in [0.5, 0.6) is 0 Å². The van der Waals surface area contributed by atoms with Crippen molar-refractivity contribution < 1.29 is 0 Å². The van der Waals surface area contributed by atoms with Crippen LogP contribution >= 0.6 is 0 Å². The van der Waals surface area contributed by atoms with Crippen LogP contribution in [0.4, 0.5) is 0 Å². The van der Waals surface area contributed by atoms with Crippen LogP contribution in [0, 0.1) is 11.3 Å². The summed E-state index contributed by atoms with van der Waals surface area (Å²) >= 11 is 0. The maximum Gasteiger partial charge on any atom is 0.0991 e. The summed E-state index contributed by atoms with van der Waals surface area (Å²) in [6.07, 6.45) is 6.35. The number of dihydropyridines is 1. The zero-order valence-electron chi connectivity index (χ0n) is 28.2. The second kappa shape index (κ2) is 12.1. The first kappa shape index (κ1) is 29.8. The van der Waals surface area contributed by atoms with E-state index < -0.39 is 0 Å². The second-order valence-electron chi connectivity index (χ2n) is 13.4. The monoisotopic (exact) mass is 664 g/mol. The zero-order valence-corrected chi connectivity index (χ0v) is 28.2. The summed E-state index contributed by atoms with van der Waals surface area (Å²) in [5.74, 6) is 0. The molecule has 244 valence electrons. The smallest absolute Gasteiger partial charge is 0.0991 e. The van der Waals surface area contributed by atoms with Crippen molar-refractivity contribution in [2.45, 2.75) is 6.04 Å². The van der Waals surface area contributed by atoms with Gasteiger partial charge in [0.25, 0.3) is 0 Å². The van der Waals surface area contributed by atoms with Crippen LogP contribution < -0.4 is 5.32 Å². The number of rotatable bonds is 5. The number of nitrogens with zero attached hydrogens (tertiary/aromatic N) is 3. The number of hydrogen-bond acceptors (Lipinski definition) is 2. The third-order valence-electron chi connectivity index (χ3n) is 10.4. The standard InChI is InChI=1S/C48H32N4/c49-31-32-11-8-12-35(27-32)43-19-10-20-44(50-43)36-13-9-16-38(28-36)52-46-22-7-5-18-40(46)42-30-34(24-26-48(42)52)33-23-25-47-41(29-33)39-17-4-6-21-45(39)51(47)37-14-2-1-3-15-37/h1-30,43,50H. The Bertz CT molecular complexity index is 2950. The van der Waals surface area contributed by atoms with Crippen molar-refractivity contribution in [2.75, 3.05) is 0 Å². The van der Waals surface area contributed by atoms with Crippen molar-refractivity contribution in [3.05, 3.63) is 199 Å². The van der Waals surface area contributed by atoms with Gasteiger partial charge in [-0.15, -0.1) is 0 Å². The Morgan fingerprint density at radius 2 is 1.08 bits per heavy atom. The molecule has 2 aromatic heterocycles.